The second-order valence-corrected chi connectivity index (χ2v) is 8.15. The maximum Gasteiger partial charge on any atom is 0.416 e. The summed E-state index contributed by atoms with van der Waals surface area (Å²) >= 11 is 5.75. The molecule has 0 spiro atoms. The van der Waals surface area contributed by atoms with Crippen LogP contribution in [0.1, 0.15) is 18.9 Å². The van der Waals surface area contributed by atoms with E-state index in [-0.39, 0.29) is 19.0 Å². The van der Waals surface area contributed by atoms with Gasteiger partial charge in [0.15, 0.2) is 0 Å². The van der Waals surface area contributed by atoms with E-state index in [9.17, 15) is 26.4 Å². The molecule has 0 bridgehead atoms. The van der Waals surface area contributed by atoms with Crippen molar-refractivity contribution >= 4 is 27.6 Å². The molecule has 1 heterocycles. The molecule has 0 aromatic heterocycles. The van der Waals surface area contributed by atoms with Crippen LogP contribution in [0.25, 0.3) is 0 Å². The van der Waals surface area contributed by atoms with Crippen LogP contribution in [0.5, 0.6) is 0 Å². The molecule has 10 heteroatoms. The summed E-state index contributed by atoms with van der Waals surface area (Å²) in [6.07, 6.45) is -4.30. The second kappa shape index (κ2) is 6.53. The maximum absolute atomic E-state index is 12.7. The van der Waals surface area contributed by atoms with Gasteiger partial charge in [0.05, 0.1) is 16.5 Å². The minimum atomic E-state index is -4.64. The first kappa shape index (κ1) is 19.0. The van der Waals surface area contributed by atoms with E-state index in [0.29, 0.717) is 18.6 Å². The van der Waals surface area contributed by atoms with Crippen molar-refractivity contribution in [3.05, 3.63) is 28.8 Å². The van der Waals surface area contributed by atoms with Gasteiger partial charge in [-0.15, -0.1) is 0 Å². The maximum atomic E-state index is 12.7. The highest BCUT2D eigenvalue weighted by Crippen LogP contribution is 2.35. The predicted molar refractivity (Wildman–Crippen MR) is 80.1 cm³/mol. The molecule has 0 amide bonds. The van der Waals surface area contributed by atoms with Gasteiger partial charge in [0.1, 0.15) is 4.90 Å². The zero-order valence-corrected chi connectivity index (χ0v) is 14.1. The molecule has 1 aromatic carbocycles. The van der Waals surface area contributed by atoms with E-state index in [0.717, 1.165) is 10.4 Å². The second-order valence-electron chi connectivity index (χ2n) is 5.84. The number of carbonyl (C=O) groups is 1. The molecule has 1 fully saturated rings. The predicted octanol–water partition coefficient (Wildman–Crippen LogP) is 3.09. The third kappa shape index (κ3) is 3.84. The number of halogens is 4. The van der Waals surface area contributed by atoms with E-state index >= 15 is 0 Å². The first-order chi connectivity index (χ1) is 10.9. The number of aliphatic carboxylic acids is 1. The van der Waals surface area contributed by atoms with Crippen LogP contribution in [0, 0.1) is 11.8 Å². The van der Waals surface area contributed by atoms with E-state index in [4.69, 9.17) is 16.7 Å². The summed E-state index contributed by atoms with van der Waals surface area (Å²) in [6, 6.07) is 1.99. The lowest BCUT2D eigenvalue weighted by Gasteiger charge is -2.33. The third-order valence-corrected chi connectivity index (χ3v) is 6.17. The number of carboxylic acid groups (broad SMARTS) is 1. The number of carboxylic acids is 1. The van der Waals surface area contributed by atoms with Crippen LogP contribution in [0.15, 0.2) is 23.1 Å². The fourth-order valence-electron chi connectivity index (χ4n) is 2.70. The topological polar surface area (TPSA) is 74.7 Å². The minimum absolute atomic E-state index is 0.0868. The smallest absolute Gasteiger partial charge is 0.416 e. The van der Waals surface area contributed by atoms with Crippen molar-refractivity contribution in [3.63, 3.8) is 0 Å². The molecule has 2 rings (SSSR count). The summed E-state index contributed by atoms with van der Waals surface area (Å²) in [5.74, 6) is -2.17. The molecular formula is C14H15ClF3NO4S. The van der Waals surface area contributed by atoms with Gasteiger partial charge < -0.3 is 5.11 Å². The quantitative estimate of drug-likeness (QED) is 0.867. The van der Waals surface area contributed by atoms with Crippen molar-refractivity contribution in [3.8, 4) is 0 Å². The molecule has 2 atom stereocenters. The molecule has 2 unspecified atom stereocenters. The highest BCUT2D eigenvalue weighted by Gasteiger charge is 2.38. The van der Waals surface area contributed by atoms with Crippen LogP contribution in [-0.2, 0) is 21.0 Å². The number of hydrogen-bond donors (Lipinski definition) is 1. The standard InChI is InChI=1S/C14H15ClF3NO4S/c1-8-4-9(13(20)21)7-19(6-8)24(22,23)12-3-2-10(5-11(12)15)14(16,17)18/h2-3,5,8-9H,4,6-7H2,1H3,(H,20,21). The van der Waals surface area contributed by atoms with Gasteiger partial charge in [0.25, 0.3) is 0 Å². The first-order valence-electron chi connectivity index (χ1n) is 7.02. The molecule has 5 nitrogen and oxygen atoms in total. The van der Waals surface area contributed by atoms with Crippen molar-refractivity contribution < 1.29 is 31.5 Å². The number of sulfonamides is 1. The first-order valence-corrected chi connectivity index (χ1v) is 8.84. The Labute approximate surface area is 142 Å². The number of piperidine rings is 1. The monoisotopic (exact) mass is 385 g/mol. The van der Waals surface area contributed by atoms with Crippen LogP contribution < -0.4 is 0 Å². The average Bonchev–Trinajstić information content (AvgIpc) is 2.45. The van der Waals surface area contributed by atoms with Crippen LogP contribution in [-0.4, -0.2) is 36.9 Å². The van der Waals surface area contributed by atoms with Crippen LogP contribution in [0.4, 0.5) is 13.2 Å². The fraction of sp³-hybridized carbons (Fsp3) is 0.500. The van der Waals surface area contributed by atoms with Gasteiger partial charge in [-0.25, -0.2) is 8.42 Å². The molecule has 0 radical (unpaired) electrons. The molecule has 134 valence electrons. The van der Waals surface area contributed by atoms with E-state index in [1.54, 1.807) is 6.92 Å². The van der Waals surface area contributed by atoms with Crippen LogP contribution >= 0.6 is 11.6 Å². The van der Waals surface area contributed by atoms with E-state index < -0.39 is 43.6 Å². The molecular weight excluding hydrogens is 371 g/mol. The number of nitrogens with zero attached hydrogens (tertiary/aromatic N) is 1. The molecule has 0 aliphatic carbocycles. The number of benzene rings is 1. The Hall–Kier alpha value is -1.32. The largest absolute Gasteiger partial charge is 0.481 e. The van der Waals surface area contributed by atoms with Crippen LogP contribution in [0.3, 0.4) is 0 Å². The summed E-state index contributed by atoms with van der Waals surface area (Å²) in [6.45, 7) is 1.56. The Morgan fingerprint density at radius 3 is 2.46 bits per heavy atom. The summed E-state index contributed by atoms with van der Waals surface area (Å²) in [5.41, 5.74) is -1.05. The van der Waals surface area contributed by atoms with Crippen molar-refractivity contribution in [1.29, 1.82) is 0 Å². The SMILES string of the molecule is CC1CC(C(=O)O)CN(S(=O)(=O)c2ccc(C(F)(F)F)cc2Cl)C1. The van der Waals surface area contributed by atoms with E-state index in [2.05, 4.69) is 0 Å². The Kier molecular flexibility index (Phi) is 5.17. The molecule has 24 heavy (non-hydrogen) atoms. The van der Waals surface area contributed by atoms with Gasteiger partial charge in [-0.2, -0.15) is 17.5 Å². The summed E-state index contributed by atoms with van der Waals surface area (Å²) in [4.78, 5) is 10.7. The molecule has 1 aliphatic heterocycles. The third-order valence-electron chi connectivity index (χ3n) is 3.85. The lowest BCUT2D eigenvalue weighted by Crippen LogP contribution is -2.45. The lowest BCUT2D eigenvalue weighted by molar-refractivity contribution is -0.143. The molecule has 1 aliphatic rings. The van der Waals surface area contributed by atoms with Gasteiger partial charge >= 0.3 is 12.1 Å². The summed E-state index contributed by atoms with van der Waals surface area (Å²) < 4.78 is 64.2. The number of hydrogen-bond acceptors (Lipinski definition) is 3. The Morgan fingerprint density at radius 2 is 1.96 bits per heavy atom. The molecule has 1 saturated heterocycles. The lowest BCUT2D eigenvalue weighted by atomic mass is 9.92. The van der Waals surface area contributed by atoms with E-state index in [1.807, 2.05) is 0 Å². The highest BCUT2D eigenvalue weighted by molar-refractivity contribution is 7.89. The van der Waals surface area contributed by atoms with Crippen LogP contribution in [0.2, 0.25) is 5.02 Å². The fourth-order valence-corrected chi connectivity index (χ4v) is 4.83. The Morgan fingerprint density at radius 1 is 1.33 bits per heavy atom. The molecule has 1 N–H and O–H groups in total. The highest BCUT2D eigenvalue weighted by atomic mass is 35.5. The van der Waals surface area contributed by atoms with Gasteiger partial charge in [-0.3, -0.25) is 4.79 Å². The summed E-state index contributed by atoms with van der Waals surface area (Å²) in [5, 5.41) is 8.57. The number of alkyl halides is 3. The minimum Gasteiger partial charge on any atom is -0.481 e. The Balaban J connectivity index is 2.38. The van der Waals surface area contributed by atoms with Gasteiger partial charge in [-0.1, -0.05) is 18.5 Å². The van der Waals surface area contributed by atoms with Crippen molar-refractivity contribution in [1.82, 2.24) is 4.31 Å². The zero-order chi connectivity index (χ0) is 18.3. The van der Waals surface area contributed by atoms with Gasteiger partial charge in [-0.05, 0) is 30.5 Å². The molecule has 1 aromatic rings. The Bertz CT molecular complexity index is 751. The zero-order valence-electron chi connectivity index (χ0n) is 12.5. The van der Waals surface area contributed by atoms with E-state index in [1.165, 1.54) is 0 Å². The summed E-state index contributed by atoms with van der Waals surface area (Å²) in [7, 11) is -4.18. The van der Waals surface area contributed by atoms with Crippen molar-refractivity contribution in [2.24, 2.45) is 11.8 Å². The van der Waals surface area contributed by atoms with Gasteiger partial charge in [0.2, 0.25) is 10.0 Å². The number of rotatable bonds is 3. The normalized spacial score (nSPS) is 23.2. The average molecular weight is 386 g/mol. The van der Waals surface area contributed by atoms with Gasteiger partial charge in [0, 0.05) is 13.1 Å². The van der Waals surface area contributed by atoms with Crippen molar-refractivity contribution in [2.75, 3.05) is 13.1 Å². The molecule has 0 saturated carbocycles. The van der Waals surface area contributed by atoms with Crippen molar-refractivity contribution in [2.45, 2.75) is 24.4 Å².